The van der Waals surface area contributed by atoms with Crippen LogP contribution in [0.3, 0.4) is 0 Å². The molecular formula is C12H15FO5. The van der Waals surface area contributed by atoms with Crippen LogP contribution in [0.1, 0.15) is 24.2 Å². The zero-order chi connectivity index (χ0) is 13.7. The summed E-state index contributed by atoms with van der Waals surface area (Å²) in [6.45, 7) is 3.33. The molecule has 0 bridgehead atoms. The lowest BCUT2D eigenvalue weighted by Crippen LogP contribution is -2.12. The van der Waals surface area contributed by atoms with Gasteiger partial charge in [-0.2, -0.15) is 0 Å². The molecule has 0 spiro atoms. The van der Waals surface area contributed by atoms with Gasteiger partial charge in [0.1, 0.15) is 11.4 Å². The highest BCUT2D eigenvalue weighted by Crippen LogP contribution is 2.33. The van der Waals surface area contributed by atoms with Crippen molar-refractivity contribution >= 4 is 5.97 Å². The number of carbonyl (C=O) groups is 1. The highest BCUT2D eigenvalue weighted by Gasteiger charge is 2.20. The molecule has 0 aliphatic heterocycles. The van der Waals surface area contributed by atoms with Crippen molar-refractivity contribution < 1.29 is 28.5 Å². The van der Waals surface area contributed by atoms with Crippen molar-refractivity contribution in [2.24, 2.45) is 0 Å². The maximum Gasteiger partial charge on any atom is 0.339 e. The summed E-state index contributed by atoms with van der Waals surface area (Å²) in [5.74, 6) is -2.00. The average molecular weight is 258 g/mol. The van der Waals surface area contributed by atoms with Crippen molar-refractivity contribution in [3.8, 4) is 11.5 Å². The van der Waals surface area contributed by atoms with Gasteiger partial charge in [-0.3, -0.25) is 0 Å². The van der Waals surface area contributed by atoms with E-state index in [0.717, 1.165) is 12.1 Å². The lowest BCUT2D eigenvalue weighted by molar-refractivity contribution is 0.0467. The van der Waals surface area contributed by atoms with Gasteiger partial charge >= 0.3 is 5.97 Å². The van der Waals surface area contributed by atoms with E-state index in [-0.39, 0.29) is 30.0 Å². The molecule has 0 radical (unpaired) electrons. The van der Waals surface area contributed by atoms with E-state index < -0.39 is 11.8 Å². The van der Waals surface area contributed by atoms with Crippen molar-refractivity contribution in [1.82, 2.24) is 0 Å². The summed E-state index contributed by atoms with van der Waals surface area (Å²) in [4.78, 5) is 11.0. The number of aromatic carboxylic acids is 1. The SMILES string of the molecule is COCOc1cc(F)cc(C(=O)O)c1OC(C)C. The van der Waals surface area contributed by atoms with E-state index in [9.17, 15) is 9.18 Å². The molecule has 0 fully saturated rings. The number of carboxylic acid groups (broad SMARTS) is 1. The Morgan fingerprint density at radius 1 is 1.44 bits per heavy atom. The number of methoxy groups -OCH3 is 1. The molecule has 18 heavy (non-hydrogen) atoms. The summed E-state index contributed by atoms with van der Waals surface area (Å²) < 4.78 is 28.5. The molecule has 6 heteroatoms. The van der Waals surface area contributed by atoms with Gasteiger partial charge in [0.25, 0.3) is 0 Å². The standard InChI is InChI=1S/C12H15FO5/c1-7(2)18-11-9(12(14)15)4-8(13)5-10(11)17-6-16-3/h4-5,7H,6H2,1-3H3,(H,14,15). The molecular weight excluding hydrogens is 243 g/mol. The fraction of sp³-hybridized carbons (Fsp3) is 0.417. The molecule has 0 unspecified atom stereocenters. The summed E-state index contributed by atoms with van der Waals surface area (Å²) >= 11 is 0. The van der Waals surface area contributed by atoms with Crippen molar-refractivity contribution in [2.45, 2.75) is 20.0 Å². The number of hydrogen-bond donors (Lipinski definition) is 1. The Hall–Kier alpha value is -1.82. The molecule has 5 nitrogen and oxygen atoms in total. The van der Waals surface area contributed by atoms with Gasteiger partial charge in [0, 0.05) is 13.2 Å². The number of halogens is 1. The highest BCUT2D eigenvalue weighted by atomic mass is 19.1. The van der Waals surface area contributed by atoms with Crippen LogP contribution in [0.15, 0.2) is 12.1 Å². The maximum atomic E-state index is 13.3. The number of carboxylic acids is 1. The smallest absolute Gasteiger partial charge is 0.339 e. The summed E-state index contributed by atoms with van der Waals surface area (Å²) in [5, 5.41) is 9.02. The zero-order valence-corrected chi connectivity index (χ0v) is 10.4. The summed E-state index contributed by atoms with van der Waals surface area (Å²) in [5.41, 5.74) is -0.283. The third-order valence-electron chi connectivity index (χ3n) is 1.94. The van der Waals surface area contributed by atoms with E-state index in [1.54, 1.807) is 13.8 Å². The van der Waals surface area contributed by atoms with E-state index >= 15 is 0 Å². The normalized spacial score (nSPS) is 10.5. The highest BCUT2D eigenvalue weighted by molar-refractivity contribution is 5.92. The second-order valence-corrected chi connectivity index (χ2v) is 3.80. The Labute approximate surface area is 104 Å². The molecule has 0 aliphatic rings. The van der Waals surface area contributed by atoms with Crippen LogP contribution in [-0.2, 0) is 4.74 Å². The number of rotatable bonds is 6. The van der Waals surface area contributed by atoms with Gasteiger partial charge in [0.15, 0.2) is 18.3 Å². The Kier molecular flexibility index (Phi) is 4.91. The first kappa shape index (κ1) is 14.2. The van der Waals surface area contributed by atoms with Crippen LogP contribution in [0.4, 0.5) is 4.39 Å². The van der Waals surface area contributed by atoms with E-state index in [2.05, 4.69) is 0 Å². The van der Waals surface area contributed by atoms with Crippen LogP contribution in [-0.4, -0.2) is 31.1 Å². The molecule has 1 aromatic rings. The average Bonchev–Trinajstić information content (AvgIpc) is 2.28. The van der Waals surface area contributed by atoms with Crippen LogP contribution in [0.2, 0.25) is 0 Å². The molecule has 0 aliphatic carbocycles. The molecule has 0 atom stereocenters. The van der Waals surface area contributed by atoms with Crippen molar-refractivity contribution in [1.29, 1.82) is 0 Å². The van der Waals surface area contributed by atoms with Gasteiger partial charge in [-0.15, -0.1) is 0 Å². The lowest BCUT2D eigenvalue weighted by atomic mass is 10.1. The summed E-state index contributed by atoms with van der Waals surface area (Å²) in [6.07, 6.45) is -0.265. The quantitative estimate of drug-likeness (QED) is 0.793. The van der Waals surface area contributed by atoms with Gasteiger partial charge in [0.2, 0.25) is 0 Å². The van der Waals surface area contributed by atoms with Crippen molar-refractivity contribution in [2.75, 3.05) is 13.9 Å². The Bertz CT molecular complexity index is 431. The first-order chi connectivity index (χ1) is 8.45. The predicted molar refractivity (Wildman–Crippen MR) is 61.6 cm³/mol. The van der Waals surface area contributed by atoms with Gasteiger partial charge in [-0.1, -0.05) is 0 Å². The molecule has 100 valence electrons. The third-order valence-corrected chi connectivity index (χ3v) is 1.94. The first-order valence-corrected chi connectivity index (χ1v) is 5.31. The molecule has 0 amide bonds. The minimum absolute atomic E-state index is 0.00273. The van der Waals surface area contributed by atoms with Gasteiger partial charge in [-0.05, 0) is 19.9 Å². The van der Waals surface area contributed by atoms with Gasteiger partial charge < -0.3 is 19.3 Å². The molecule has 0 aromatic heterocycles. The van der Waals surface area contributed by atoms with Gasteiger partial charge in [0.05, 0.1) is 6.10 Å². The number of benzene rings is 1. The van der Waals surface area contributed by atoms with Crippen molar-refractivity contribution in [3.63, 3.8) is 0 Å². The van der Waals surface area contributed by atoms with Crippen LogP contribution < -0.4 is 9.47 Å². The van der Waals surface area contributed by atoms with E-state index in [1.807, 2.05) is 0 Å². The summed E-state index contributed by atoms with van der Waals surface area (Å²) in [6, 6.07) is 1.95. The van der Waals surface area contributed by atoms with E-state index in [4.69, 9.17) is 19.3 Å². The largest absolute Gasteiger partial charge is 0.486 e. The third kappa shape index (κ3) is 3.59. The lowest BCUT2D eigenvalue weighted by Gasteiger charge is -2.16. The minimum Gasteiger partial charge on any atom is -0.486 e. The summed E-state index contributed by atoms with van der Waals surface area (Å²) in [7, 11) is 1.40. The fourth-order valence-corrected chi connectivity index (χ4v) is 1.31. The second-order valence-electron chi connectivity index (χ2n) is 3.80. The van der Waals surface area contributed by atoms with Crippen LogP contribution in [0.5, 0.6) is 11.5 Å². The topological polar surface area (TPSA) is 65.0 Å². The van der Waals surface area contributed by atoms with Crippen LogP contribution in [0.25, 0.3) is 0 Å². The number of ether oxygens (including phenoxy) is 3. The molecule has 0 saturated heterocycles. The Morgan fingerprint density at radius 2 is 2.11 bits per heavy atom. The van der Waals surface area contributed by atoms with Gasteiger partial charge in [-0.25, -0.2) is 9.18 Å². The monoisotopic (exact) mass is 258 g/mol. The van der Waals surface area contributed by atoms with Crippen molar-refractivity contribution in [3.05, 3.63) is 23.5 Å². The zero-order valence-electron chi connectivity index (χ0n) is 10.4. The second kappa shape index (κ2) is 6.20. The molecule has 0 saturated carbocycles. The molecule has 1 rings (SSSR count). The van der Waals surface area contributed by atoms with E-state index in [1.165, 1.54) is 7.11 Å². The fourth-order valence-electron chi connectivity index (χ4n) is 1.31. The van der Waals surface area contributed by atoms with E-state index in [0.29, 0.717) is 0 Å². The maximum absolute atomic E-state index is 13.3. The molecule has 1 aromatic carbocycles. The predicted octanol–water partition coefficient (Wildman–Crippen LogP) is 2.29. The number of hydrogen-bond acceptors (Lipinski definition) is 4. The Morgan fingerprint density at radius 3 is 2.61 bits per heavy atom. The Balaban J connectivity index is 3.23. The molecule has 1 N–H and O–H groups in total. The van der Waals surface area contributed by atoms with Crippen LogP contribution in [0, 0.1) is 5.82 Å². The van der Waals surface area contributed by atoms with Crippen LogP contribution >= 0.6 is 0 Å². The first-order valence-electron chi connectivity index (χ1n) is 5.31. The minimum atomic E-state index is -1.28. The molecule has 0 heterocycles.